The van der Waals surface area contributed by atoms with E-state index in [-0.39, 0.29) is 5.91 Å². The molecule has 1 aromatic heterocycles. The fourth-order valence-electron chi connectivity index (χ4n) is 2.42. The Hall–Kier alpha value is -2.43. The van der Waals surface area contributed by atoms with Gasteiger partial charge in [-0.05, 0) is 24.0 Å². The van der Waals surface area contributed by atoms with Gasteiger partial charge in [-0.1, -0.05) is 51.8 Å². The highest BCUT2D eigenvalue weighted by atomic mass is 16.1. The van der Waals surface area contributed by atoms with E-state index in [1.165, 1.54) is 12.8 Å². The Kier molecular flexibility index (Phi) is 6.73. The molecule has 2 N–H and O–H groups in total. The van der Waals surface area contributed by atoms with Gasteiger partial charge in [0.1, 0.15) is 0 Å². The van der Waals surface area contributed by atoms with Crippen LogP contribution in [0.2, 0.25) is 0 Å². The molecule has 0 aliphatic carbocycles. The molecule has 24 heavy (non-hydrogen) atoms. The molecule has 128 valence electrons. The number of benzene rings is 1. The van der Waals surface area contributed by atoms with Gasteiger partial charge in [0, 0.05) is 24.6 Å². The van der Waals surface area contributed by atoms with Gasteiger partial charge < -0.3 is 10.6 Å². The van der Waals surface area contributed by atoms with Crippen LogP contribution in [-0.4, -0.2) is 22.4 Å². The van der Waals surface area contributed by atoms with Crippen molar-refractivity contribution >= 4 is 17.5 Å². The van der Waals surface area contributed by atoms with Crippen molar-refractivity contribution in [2.75, 3.05) is 17.2 Å². The van der Waals surface area contributed by atoms with Crippen LogP contribution < -0.4 is 10.6 Å². The molecule has 0 atom stereocenters. The lowest BCUT2D eigenvalue weighted by molar-refractivity contribution is 0.102. The van der Waals surface area contributed by atoms with Gasteiger partial charge in [0.25, 0.3) is 5.91 Å². The van der Waals surface area contributed by atoms with E-state index in [2.05, 4.69) is 41.4 Å². The predicted molar refractivity (Wildman–Crippen MR) is 98.5 cm³/mol. The van der Waals surface area contributed by atoms with Crippen molar-refractivity contribution in [1.82, 2.24) is 9.97 Å². The molecule has 1 heterocycles. The maximum atomic E-state index is 12.4. The van der Waals surface area contributed by atoms with Crippen LogP contribution in [0.15, 0.2) is 36.7 Å². The first-order valence-corrected chi connectivity index (χ1v) is 8.58. The van der Waals surface area contributed by atoms with Gasteiger partial charge in [0.2, 0.25) is 5.95 Å². The summed E-state index contributed by atoms with van der Waals surface area (Å²) in [5, 5.41) is 6.11. The largest absolute Gasteiger partial charge is 0.354 e. The molecule has 0 radical (unpaired) electrons. The van der Waals surface area contributed by atoms with E-state index < -0.39 is 0 Å². The molecule has 0 unspecified atom stereocenters. The third kappa shape index (κ3) is 5.05. The van der Waals surface area contributed by atoms with Crippen molar-refractivity contribution in [3.8, 4) is 0 Å². The van der Waals surface area contributed by atoms with Crippen LogP contribution in [0.4, 0.5) is 11.6 Å². The molecule has 0 spiro atoms. The van der Waals surface area contributed by atoms with Crippen molar-refractivity contribution in [2.24, 2.45) is 0 Å². The normalized spacial score (nSPS) is 10.7. The molecule has 5 nitrogen and oxygen atoms in total. The zero-order valence-corrected chi connectivity index (χ0v) is 14.7. The molecular weight excluding hydrogens is 300 g/mol. The van der Waals surface area contributed by atoms with Crippen molar-refractivity contribution in [3.05, 3.63) is 47.8 Å². The minimum atomic E-state index is -0.194. The van der Waals surface area contributed by atoms with Crippen LogP contribution in [-0.2, 0) is 0 Å². The fourth-order valence-corrected chi connectivity index (χ4v) is 2.42. The summed E-state index contributed by atoms with van der Waals surface area (Å²) >= 11 is 0. The van der Waals surface area contributed by atoms with E-state index >= 15 is 0 Å². The van der Waals surface area contributed by atoms with Crippen LogP contribution in [0.1, 0.15) is 61.9 Å². The summed E-state index contributed by atoms with van der Waals surface area (Å²) in [5.74, 6) is 0.707. The Balaban J connectivity index is 1.98. The third-order valence-corrected chi connectivity index (χ3v) is 3.81. The number of amides is 1. The maximum absolute atomic E-state index is 12.4. The summed E-state index contributed by atoms with van der Waals surface area (Å²) in [6, 6.07) is 7.84. The molecular formula is C19H26N4O. The number of unbranched alkanes of at least 4 members (excludes halogenated alkanes) is 2. The average molecular weight is 326 g/mol. The molecule has 0 aliphatic rings. The molecule has 5 heteroatoms. The van der Waals surface area contributed by atoms with Crippen LogP contribution in [0, 0.1) is 0 Å². The highest BCUT2D eigenvalue weighted by molar-refractivity contribution is 6.04. The number of rotatable bonds is 8. The Morgan fingerprint density at radius 3 is 2.50 bits per heavy atom. The fraction of sp³-hybridized carbons (Fsp3) is 0.421. The molecule has 2 aromatic rings. The number of carbonyl (C=O) groups is 1. The molecule has 0 saturated carbocycles. The van der Waals surface area contributed by atoms with Crippen LogP contribution in [0.25, 0.3) is 0 Å². The van der Waals surface area contributed by atoms with E-state index in [9.17, 15) is 4.79 Å². The number of hydrogen-bond donors (Lipinski definition) is 2. The summed E-state index contributed by atoms with van der Waals surface area (Å²) in [4.78, 5) is 20.8. The zero-order chi connectivity index (χ0) is 17.4. The van der Waals surface area contributed by atoms with Gasteiger partial charge in [-0.3, -0.25) is 4.79 Å². The molecule has 1 amide bonds. The number of nitrogens with zero attached hydrogens (tertiary/aromatic N) is 2. The topological polar surface area (TPSA) is 66.9 Å². The van der Waals surface area contributed by atoms with Gasteiger partial charge in [-0.15, -0.1) is 0 Å². The second kappa shape index (κ2) is 9.01. The van der Waals surface area contributed by atoms with E-state index in [1.807, 2.05) is 24.3 Å². The lowest BCUT2D eigenvalue weighted by atomic mass is 10.0. The van der Waals surface area contributed by atoms with E-state index in [0.29, 0.717) is 17.4 Å². The highest BCUT2D eigenvalue weighted by Crippen LogP contribution is 2.24. The van der Waals surface area contributed by atoms with Crippen molar-refractivity contribution in [3.63, 3.8) is 0 Å². The quantitative estimate of drug-likeness (QED) is 0.703. The van der Waals surface area contributed by atoms with Crippen LogP contribution in [0.3, 0.4) is 0 Å². The molecule has 0 saturated heterocycles. The lowest BCUT2D eigenvalue weighted by Gasteiger charge is -2.13. The molecule has 0 bridgehead atoms. The minimum absolute atomic E-state index is 0.194. The number of aromatic nitrogens is 2. The van der Waals surface area contributed by atoms with E-state index in [1.54, 1.807) is 12.4 Å². The summed E-state index contributed by atoms with van der Waals surface area (Å²) in [5.41, 5.74) is 2.40. The Labute approximate surface area is 143 Å². The van der Waals surface area contributed by atoms with Crippen molar-refractivity contribution in [2.45, 2.75) is 46.0 Å². The monoisotopic (exact) mass is 326 g/mol. The molecule has 1 aromatic carbocycles. The first-order chi connectivity index (χ1) is 11.6. The summed E-state index contributed by atoms with van der Waals surface area (Å²) < 4.78 is 0. The first kappa shape index (κ1) is 17.9. The van der Waals surface area contributed by atoms with Crippen LogP contribution in [0.5, 0.6) is 0 Å². The smallest absolute Gasteiger partial charge is 0.258 e. The molecule has 0 fully saturated rings. The van der Waals surface area contributed by atoms with Gasteiger partial charge >= 0.3 is 0 Å². The molecule has 2 rings (SSSR count). The Morgan fingerprint density at radius 1 is 1.12 bits per heavy atom. The van der Waals surface area contributed by atoms with Crippen molar-refractivity contribution < 1.29 is 4.79 Å². The summed E-state index contributed by atoms with van der Waals surface area (Å²) in [6.45, 7) is 7.22. The highest BCUT2D eigenvalue weighted by Gasteiger charge is 2.11. The lowest BCUT2D eigenvalue weighted by Crippen LogP contribution is -2.15. The maximum Gasteiger partial charge on any atom is 0.258 e. The van der Waals surface area contributed by atoms with Gasteiger partial charge in [-0.25, -0.2) is 9.97 Å². The van der Waals surface area contributed by atoms with E-state index in [0.717, 1.165) is 24.2 Å². The van der Waals surface area contributed by atoms with E-state index in [4.69, 9.17) is 0 Å². The number of para-hydroxylation sites is 1. The second-order valence-corrected chi connectivity index (χ2v) is 6.13. The first-order valence-electron chi connectivity index (χ1n) is 8.58. The standard InChI is InChI=1S/C19H26N4O/c1-4-5-8-11-20-19-21-12-15(13-22-19)18(24)23-17-10-7-6-9-16(17)14(2)3/h6-7,9-10,12-14H,4-5,8,11H2,1-3H3,(H,23,24)(H,20,21,22). The van der Waals surface area contributed by atoms with Crippen molar-refractivity contribution in [1.29, 1.82) is 0 Å². The zero-order valence-electron chi connectivity index (χ0n) is 14.7. The van der Waals surface area contributed by atoms with Gasteiger partial charge in [-0.2, -0.15) is 0 Å². The number of anilines is 2. The van der Waals surface area contributed by atoms with Gasteiger partial charge in [0.15, 0.2) is 0 Å². The third-order valence-electron chi connectivity index (χ3n) is 3.81. The van der Waals surface area contributed by atoms with Crippen LogP contribution >= 0.6 is 0 Å². The Bertz CT molecular complexity index is 653. The number of hydrogen-bond acceptors (Lipinski definition) is 4. The summed E-state index contributed by atoms with van der Waals surface area (Å²) in [7, 11) is 0. The average Bonchev–Trinajstić information content (AvgIpc) is 2.59. The predicted octanol–water partition coefficient (Wildman–Crippen LogP) is 4.45. The molecule has 0 aliphatic heterocycles. The SMILES string of the molecule is CCCCCNc1ncc(C(=O)Nc2ccccc2C(C)C)cn1. The minimum Gasteiger partial charge on any atom is -0.354 e. The van der Waals surface area contributed by atoms with Gasteiger partial charge in [0.05, 0.1) is 5.56 Å². The second-order valence-electron chi connectivity index (χ2n) is 6.13. The number of carbonyl (C=O) groups excluding carboxylic acids is 1. The number of nitrogens with one attached hydrogen (secondary N) is 2. The summed E-state index contributed by atoms with van der Waals surface area (Å²) in [6.07, 6.45) is 6.57. The Morgan fingerprint density at radius 2 is 1.83 bits per heavy atom.